The minimum absolute atomic E-state index is 0.00302. The van der Waals surface area contributed by atoms with Gasteiger partial charge in [-0.05, 0) is 51.3 Å². The van der Waals surface area contributed by atoms with Gasteiger partial charge in [-0.15, -0.1) is 0 Å². The van der Waals surface area contributed by atoms with Crippen molar-refractivity contribution in [1.82, 2.24) is 5.32 Å². The van der Waals surface area contributed by atoms with Crippen LogP contribution >= 0.6 is 11.6 Å². The van der Waals surface area contributed by atoms with Crippen LogP contribution in [0.4, 0.5) is 10.5 Å². The Morgan fingerprint density at radius 2 is 2.00 bits per heavy atom. The van der Waals surface area contributed by atoms with Gasteiger partial charge in [-0.25, -0.2) is 4.79 Å². The van der Waals surface area contributed by atoms with Crippen LogP contribution in [-0.4, -0.2) is 79.0 Å². The molecule has 236 valence electrons. The normalized spacial score (nSPS) is 35.9. The predicted octanol–water partition coefficient (Wildman–Crippen LogP) is 3.31. The van der Waals surface area contributed by atoms with E-state index in [1.165, 1.54) is 18.9 Å². The minimum Gasteiger partial charge on any atom is -0.457 e. The first-order chi connectivity index (χ1) is 20.1. The third-order valence-electron chi connectivity index (χ3n) is 8.58. The number of hydrogen-bond acceptors (Lipinski definition) is 9. The second kappa shape index (κ2) is 12.6. The highest BCUT2D eigenvalue weighted by atomic mass is 35.5. The maximum atomic E-state index is 13.7. The predicted molar refractivity (Wildman–Crippen MR) is 161 cm³/mol. The third kappa shape index (κ3) is 6.91. The number of aliphatic hydroxyl groups is 1. The molecule has 4 bridgehead atoms. The summed E-state index contributed by atoms with van der Waals surface area (Å²) in [6, 6.07) is 2.90. The standard InChI is InChI=1S/C31H42ClN3O8/c1-16-9-8-10-23(40-7)31(39)15-22(41-29(38)34-31)18(3)27-30(5,43-27)24(42-28(37)19(4)33)14-25(36)35(6)21-13-20(11-16)12-17(2)26(21)32/h8-10,12-13,18-19,22-24,27,39H,11,14-15,33H2,1-7H3,(H,34,38)/b10-8+,16-9+/t18-,19-,22-,23+,24-,27+,30-,31-/m0/s1. The van der Waals surface area contributed by atoms with E-state index in [0.29, 0.717) is 17.1 Å². The van der Waals surface area contributed by atoms with E-state index in [1.807, 2.05) is 39.0 Å². The Morgan fingerprint density at radius 3 is 2.65 bits per heavy atom. The molecule has 8 atom stereocenters. The number of carbonyl (C=O) groups is 3. The number of halogens is 1. The molecule has 0 saturated carbocycles. The van der Waals surface area contributed by atoms with Gasteiger partial charge in [-0.3, -0.25) is 14.9 Å². The summed E-state index contributed by atoms with van der Waals surface area (Å²) >= 11 is 6.68. The first-order valence-electron chi connectivity index (χ1n) is 14.4. The first kappa shape index (κ1) is 32.9. The number of epoxide rings is 1. The number of nitrogens with two attached hydrogens (primary N) is 1. The monoisotopic (exact) mass is 619 g/mol. The van der Waals surface area contributed by atoms with Gasteiger partial charge in [0.25, 0.3) is 0 Å². The summed E-state index contributed by atoms with van der Waals surface area (Å²) < 4.78 is 23.1. The van der Waals surface area contributed by atoms with Crippen LogP contribution in [0.1, 0.15) is 51.7 Å². The number of anilines is 1. The van der Waals surface area contributed by atoms with E-state index in [9.17, 15) is 19.5 Å². The molecule has 3 heterocycles. The minimum atomic E-state index is -1.77. The maximum Gasteiger partial charge on any atom is 0.409 e. The number of methoxy groups -OCH3 is 1. The van der Waals surface area contributed by atoms with E-state index in [1.54, 1.807) is 26.1 Å². The fraction of sp³-hybridized carbons (Fsp3) is 0.581. The first-order valence-corrected chi connectivity index (χ1v) is 14.7. The topological polar surface area (TPSA) is 153 Å². The maximum absolute atomic E-state index is 13.7. The summed E-state index contributed by atoms with van der Waals surface area (Å²) in [7, 11) is 3.07. The van der Waals surface area contributed by atoms with E-state index in [4.69, 9.17) is 36.3 Å². The van der Waals surface area contributed by atoms with Gasteiger partial charge in [0.15, 0.2) is 5.72 Å². The van der Waals surface area contributed by atoms with Crippen LogP contribution in [0, 0.1) is 12.8 Å². The van der Waals surface area contributed by atoms with Gasteiger partial charge in [0, 0.05) is 26.5 Å². The Kier molecular flexibility index (Phi) is 9.63. The lowest BCUT2D eigenvalue weighted by Gasteiger charge is -2.42. The van der Waals surface area contributed by atoms with Crippen LogP contribution in [-0.2, 0) is 35.0 Å². The van der Waals surface area contributed by atoms with Crippen molar-refractivity contribution >= 4 is 35.3 Å². The van der Waals surface area contributed by atoms with Crippen molar-refractivity contribution in [3.05, 3.63) is 52.1 Å². The zero-order chi connectivity index (χ0) is 31.9. The molecule has 4 rings (SSSR count). The lowest BCUT2D eigenvalue weighted by molar-refractivity contribution is -0.155. The van der Waals surface area contributed by atoms with Gasteiger partial charge >= 0.3 is 12.1 Å². The molecule has 4 N–H and O–H groups in total. The van der Waals surface area contributed by atoms with Crippen molar-refractivity contribution in [1.29, 1.82) is 0 Å². The van der Waals surface area contributed by atoms with Gasteiger partial charge in [0.1, 0.15) is 30.0 Å². The summed E-state index contributed by atoms with van der Waals surface area (Å²) in [4.78, 5) is 40.5. The number of benzene rings is 1. The third-order valence-corrected chi connectivity index (χ3v) is 9.07. The fourth-order valence-corrected chi connectivity index (χ4v) is 6.13. The zero-order valence-electron chi connectivity index (χ0n) is 25.7. The van der Waals surface area contributed by atoms with E-state index in [0.717, 1.165) is 16.7 Å². The Hall–Kier alpha value is -2.96. The molecule has 3 aliphatic rings. The van der Waals surface area contributed by atoms with Crippen LogP contribution < -0.4 is 16.0 Å². The van der Waals surface area contributed by atoms with E-state index in [-0.39, 0.29) is 18.7 Å². The van der Waals surface area contributed by atoms with Gasteiger partial charge in [0.2, 0.25) is 5.91 Å². The Bertz CT molecular complexity index is 1330. The van der Waals surface area contributed by atoms with Crippen molar-refractivity contribution in [2.75, 3.05) is 19.1 Å². The zero-order valence-corrected chi connectivity index (χ0v) is 26.4. The lowest BCUT2D eigenvalue weighted by Crippen LogP contribution is -2.63. The number of nitrogens with one attached hydrogen (secondary N) is 1. The van der Waals surface area contributed by atoms with Crippen molar-refractivity contribution in [2.45, 2.75) is 95.7 Å². The molecular formula is C31H42ClN3O8. The number of allylic oxidation sites excluding steroid dienone is 3. The molecule has 0 aliphatic carbocycles. The molecule has 0 spiro atoms. The Balaban J connectivity index is 1.78. The summed E-state index contributed by atoms with van der Waals surface area (Å²) in [5.74, 6) is -1.48. The van der Waals surface area contributed by atoms with Crippen LogP contribution in [0.5, 0.6) is 0 Å². The van der Waals surface area contributed by atoms with Crippen LogP contribution in [0.25, 0.3) is 0 Å². The van der Waals surface area contributed by atoms with Gasteiger partial charge in [0.05, 0.1) is 23.2 Å². The summed E-state index contributed by atoms with van der Waals surface area (Å²) in [6.07, 6.45) is 1.65. The quantitative estimate of drug-likeness (QED) is 0.342. The Labute approximate surface area is 257 Å². The van der Waals surface area contributed by atoms with Crippen molar-refractivity contribution in [3.63, 3.8) is 0 Å². The number of rotatable bonds is 3. The molecule has 0 radical (unpaired) electrons. The second-order valence-corrected chi connectivity index (χ2v) is 12.5. The van der Waals surface area contributed by atoms with Crippen molar-refractivity contribution in [2.24, 2.45) is 11.7 Å². The summed E-state index contributed by atoms with van der Waals surface area (Å²) in [6.45, 7) is 8.89. The number of hydrogen-bond donors (Lipinski definition) is 3. The molecule has 1 aromatic rings. The molecular weight excluding hydrogens is 578 g/mol. The molecule has 3 aliphatic heterocycles. The number of ether oxygens (including phenoxy) is 4. The van der Waals surface area contributed by atoms with Gasteiger partial charge in [-0.1, -0.05) is 48.4 Å². The highest BCUT2D eigenvalue weighted by Gasteiger charge is 2.64. The molecule has 2 fully saturated rings. The highest BCUT2D eigenvalue weighted by molar-refractivity contribution is 6.34. The van der Waals surface area contributed by atoms with Crippen LogP contribution in [0.2, 0.25) is 5.02 Å². The number of nitrogens with zero attached hydrogens (tertiary/aromatic N) is 1. The molecule has 1 aromatic carbocycles. The molecule has 0 aromatic heterocycles. The van der Waals surface area contributed by atoms with E-state index in [2.05, 4.69) is 5.32 Å². The number of alkyl carbamates (subject to hydrolysis) is 1. The SMILES string of the molecule is CO[C@@H]1/C=C/C=C(\C)Cc2cc(C)c(Cl)c(c2)N(C)C(=O)C[C@H](OC(=O)[C@H](C)N)[C@]2(C)O[C@@H]2[C@@H](C)[C@@H]2C[C@@]1(O)NC(=O)O2. The molecule has 12 heteroatoms. The lowest BCUT2D eigenvalue weighted by atomic mass is 9.83. The highest BCUT2D eigenvalue weighted by Crippen LogP contribution is 2.49. The average Bonchev–Trinajstić information content (AvgIpc) is 3.62. The van der Waals surface area contributed by atoms with Crippen molar-refractivity contribution in [3.8, 4) is 0 Å². The fourth-order valence-electron chi connectivity index (χ4n) is 5.89. The smallest absolute Gasteiger partial charge is 0.409 e. The molecule has 2 amide bonds. The largest absolute Gasteiger partial charge is 0.457 e. The number of carbonyl (C=O) groups excluding carboxylic acids is 3. The van der Waals surface area contributed by atoms with E-state index >= 15 is 0 Å². The number of esters is 1. The molecule has 0 unspecified atom stereocenters. The molecule has 2 saturated heterocycles. The van der Waals surface area contributed by atoms with Crippen LogP contribution in [0.15, 0.2) is 35.9 Å². The van der Waals surface area contributed by atoms with Gasteiger partial charge < -0.3 is 34.7 Å². The van der Waals surface area contributed by atoms with Crippen molar-refractivity contribution < 1.29 is 38.4 Å². The Morgan fingerprint density at radius 1 is 1.30 bits per heavy atom. The van der Waals surface area contributed by atoms with Crippen LogP contribution in [0.3, 0.4) is 0 Å². The number of amides is 2. The van der Waals surface area contributed by atoms with E-state index < -0.39 is 59.8 Å². The summed E-state index contributed by atoms with van der Waals surface area (Å²) in [5, 5.41) is 14.5. The second-order valence-electron chi connectivity index (χ2n) is 12.1. The number of fused-ring (bicyclic) bond motifs is 5. The van der Waals surface area contributed by atoms with Gasteiger partial charge in [-0.2, -0.15) is 0 Å². The molecule has 43 heavy (non-hydrogen) atoms. The average molecular weight is 620 g/mol. The number of aryl methyl sites for hydroxylation is 1. The summed E-state index contributed by atoms with van der Waals surface area (Å²) in [5.41, 5.74) is 6.20. The molecule has 11 nitrogen and oxygen atoms in total.